The van der Waals surface area contributed by atoms with Gasteiger partial charge < -0.3 is 14.8 Å². The smallest absolute Gasteiger partial charge is 0.237 e. The molecule has 138 valence electrons. The van der Waals surface area contributed by atoms with Crippen LogP contribution in [-0.4, -0.2) is 22.5 Å². The fourth-order valence-corrected chi connectivity index (χ4v) is 2.57. The van der Waals surface area contributed by atoms with Crippen molar-refractivity contribution in [2.24, 2.45) is 0 Å². The molecule has 0 aliphatic carbocycles. The summed E-state index contributed by atoms with van der Waals surface area (Å²) in [5, 5.41) is 2.89. The Morgan fingerprint density at radius 1 is 1.11 bits per heavy atom. The number of hydrogen-bond acceptors (Lipinski definition) is 5. The van der Waals surface area contributed by atoms with E-state index in [2.05, 4.69) is 15.3 Å². The quantitative estimate of drug-likeness (QED) is 0.648. The van der Waals surface area contributed by atoms with E-state index < -0.39 is 0 Å². The summed E-state index contributed by atoms with van der Waals surface area (Å²) in [6, 6.07) is 14.9. The van der Waals surface area contributed by atoms with Gasteiger partial charge in [0.15, 0.2) is 0 Å². The molecule has 1 aromatic heterocycles. The maximum absolute atomic E-state index is 12.3. The molecule has 0 radical (unpaired) electrons. The van der Waals surface area contributed by atoms with Crippen LogP contribution in [0.5, 0.6) is 17.4 Å². The van der Waals surface area contributed by atoms with Crippen molar-refractivity contribution in [3.8, 4) is 17.4 Å². The molecular formula is C21H21N3O3. The highest BCUT2D eigenvalue weighted by molar-refractivity contribution is 5.91. The summed E-state index contributed by atoms with van der Waals surface area (Å²) in [4.78, 5) is 20.3. The van der Waals surface area contributed by atoms with Gasteiger partial charge in [0.1, 0.15) is 11.5 Å². The molecule has 0 bridgehead atoms. The van der Waals surface area contributed by atoms with E-state index in [-0.39, 0.29) is 5.91 Å². The highest BCUT2D eigenvalue weighted by Crippen LogP contribution is 2.23. The van der Waals surface area contributed by atoms with Gasteiger partial charge in [-0.2, -0.15) is 0 Å². The van der Waals surface area contributed by atoms with Crippen molar-refractivity contribution in [1.82, 2.24) is 9.97 Å². The van der Waals surface area contributed by atoms with Gasteiger partial charge in [-0.3, -0.25) is 9.78 Å². The Balaban J connectivity index is 1.57. The molecule has 1 heterocycles. The molecule has 2 aromatic carbocycles. The monoisotopic (exact) mass is 363 g/mol. The van der Waals surface area contributed by atoms with Gasteiger partial charge in [0.25, 0.3) is 0 Å². The van der Waals surface area contributed by atoms with Crippen LogP contribution in [0.4, 0.5) is 5.69 Å². The van der Waals surface area contributed by atoms with Crippen molar-refractivity contribution in [2.45, 2.75) is 19.8 Å². The lowest BCUT2D eigenvalue weighted by atomic mass is 10.1. The van der Waals surface area contributed by atoms with E-state index in [0.717, 1.165) is 11.3 Å². The van der Waals surface area contributed by atoms with E-state index in [9.17, 15) is 4.79 Å². The molecular weight excluding hydrogens is 342 g/mol. The van der Waals surface area contributed by atoms with Crippen molar-refractivity contribution >= 4 is 11.6 Å². The topological polar surface area (TPSA) is 73.3 Å². The fraction of sp³-hybridized carbons (Fsp3) is 0.190. The molecule has 6 heteroatoms. The second-order valence-electron chi connectivity index (χ2n) is 5.76. The summed E-state index contributed by atoms with van der Waals surface area (Å²) in [5.41, 5.74) is 1.69. The molecule has 0 aliphatic heterocycles. The third-order valence-corrected chi connectivity index (χ3v) is 3.77. The lowest BCUT2D eigenvalue weighted by Gasteiger charge is -2.10. The zero-order valence-corrected chi connectivity index (χ0v) is 15.1. The van der Waals surface area contributed by atoms with E-state index in [1.807, 2.05) is 43.3 Å². The summed E-state index contributed by atoms with van der Waals surface area (Å²) < 4.78 is 11.2. The van der Waals surface area contributed by atoms with Gasteiger partial charge in [-0.15, -0.1) is 0 Å². The molecule has 3 aromatic rings. The number of carbonyl (C=O) groups is 1. The third kappa shape index (κ3) is 5.54. The Hall–Kier alpha value is -3.41. The molecule has 0 saturated carbocycles. The number of rotatable bonds is 8. The van der Waals surface area contributed by atoms with Gasteiger partial charge in [-0.25, -0.2) is 4.98 Å². The van der Waals surface area contributed by atoms with Gasteiger partial charge >= 0.3 is 0 Å². The predicted octanol–water partition coefficient (Wildman–Crippen LogP) is 4.24. The zero-order chi connectivity index (χ0) is 18.9. The normalized spacial score (nSPS) is 10.3. The number of nitrogens with zero attached hydrogens (tertiary/aromatic N) is 2. The fourth-order valence-electron chi connectivity index (χ4n) is 2.57. The Morgan fingerprint density at radius 3 is 2.81 bits per heavy atom. The molecule has 3 rings (SSSR count). The number of hydrogen-bond donors (Lipinski definition) is 1. The van der Waals surface area contributed by atoms with Crippen LogP contribution in [0, 0.1) is 0 Å². The average molecular weight is 363 g/mol. The SMILES string of the molecule is CCOc1ccccc1CCC(=O)Nc1cccc(Oc2cnccn2)c1. The van der Waals surface area contributed by atoms with E-state index in [4.69, 9.17) is 9.47 Å². The maximum atomic E-state index is 12.3. The van der Waals surface area contributed by atoms with Crippen molar-refractivity contribution in [3.63, 3.8) is 0 Å². The highest BCUT2D eigenvalue weighted by Gasteiger charge is 2.08. The second-order valence-corrected chi connectivity index (χ2v) is 5.76. The van der Waals surface area contributed by atoms with Crippen LogP contribution in [0.3, 0.4) is 0 Å². The molecule has 0 unspecified atom stereocenters. The number of para-hydroxylation sites is 1. The molecule has 1 amide bonds. The highest BCUT2D eigenvalue weighted by atomic mass is 16.5. The van der Waals surface area contributed by atoms with Crippen LogP contribution < -0.4 is 14.8 Å². The first kappa shape index (κ1) is 18.4. The van der Waals surface area contributed by atoms with Gasteiger partial charge in [0.2, 0.25) is 11.8 Å². The first-order valence-electron chi connectivity index (χ1n) is 8.79. The summed E-state index contributed by atoms with van der Waals surface area (Å²) in [7, 11) is 0. The summed E-state index contributed by atoms with van der Waals surface area (Å²) in [5.74, 6) is 1.73. The van der Waals surface area contributed by atoms with E-state index in [1.54, 1.807) is 24.5 Å². The minimum absolute atomic E-state index is 0.0713. The third-order valence-electron chi connectivity index (χ3n) is 3.77. The van der Waals surface area contributed by atoms with Gasteiger partial charge in [-0.05, 0) is 37.1 Å². The molecule has 0 saturated heterocycles. The van der Waals surface area contributed by atoms with Crippen LogP contribution in [0.15, 0.2) is 67.1 Å². The van der Waals surface area contributed by atoms with Crippen LogP contribution in [0.25, 0.3) is 0 Å². The first-order chi connectivity index (χ1) is 13.2. The van der Waals surface area contributed by atoms with Crippen molar-refractivity contribution < 1.29 is 14.3 Å². The van der Waals surface area contributed by atoms with E-state index in [1.165, 1.54) is 6.20 Å². The molecule has 6 nitrogen and oxygen atoms in total. The standard InChI is InChI=1S/C21H21N3O3/c1-2-26-19-9-4-3-6-16(19)10-11-20(25)24-17-7-5-8-18(14-17)27-21-15-22-12-13-23-21/h3-9,12-15H,2,10-11H2,1H3,(H,24,25). The van der Waals surface area contributed by atoms with E-state index in [0.29, 0.717) is 36.8 Å². The molecule has 0 fully saturated rings. The Labute approximate surface area is 158 Å². The van der Waals surface area contributed by atoms with E-state index >= 15 is 0 Å². The minimum atomic E-state index is -0.0713. The number of carbonyl (C=O) groups excluding carboxylic acids is 1. The number of benzene rings is 2. The van der Waals surface area contributed by atoms with Crippen LogP contribution in [0.2, 0.25) is 0 Å². The van der Waals surface area contributed by atoms with Crippen LogP contribution in [0.1, 0.15) is 18.9 Å². The van der Waals surface area contributed by atoms with Crippen LogP contribution >= 0.6 is 0 Å². The van der Waals surface area contributed by atoms with Crippen molar-refractivity contribution in [3.05, 3.63) is 72.7 Å². The lowest BCUT2D eigenvalue weighted by Crippen LogP contribution is -2.12. The largest absolute Gasteiger partial charge is 0.494 e. The van der Waals surface area contributed by atoms with Gasteiger partial charge in [0.05, 0.1) is 12.8 Å². The summed E-state index contributed by atoms with van der Waals surface area (Å²) in [6.45, 7) is 2.54. The number of ether oxygens (including phenoxy) is 2. The van der Waals surface area contributed by atoms with Gasteiger partial charge in [-0.1, -0.05) is 24.3 Å². The predicted molar refractivity (Wildman–Crippen MR) is 103 cm³/mol. The number of amides is 1. The molecule has 27 heavy (non-hydrogen) atoms. The molecule has 1 N–H and O–H groups in total. The number of nitrogens with one attached hydrogen (secondary N) is 1. The van der Waals surface area contributed by atoms with Gasteiger partial charge in [0, 0.05) is 30.6 Å². The lowest BCUT2D eigenvalue weighted by molar-refractivity contribution is -0.116. The van der Waals surface area contributed by atoms with Crippen molar-refractivity contribution in [2.75, 3.05) is 11.9 Å². The Kier molecular flexibility index (Phi) is 6.35. The first-order valence-corrected chi connectivity index (χ1v) is 8.79. The zero-order valence-electron chi connectivity index (χ0n) is 15.1. The summed E-state index contributed by atoms with van der Waals surface area (Å²) in [6.07, 6.45) is 5.63. The molecule has 0 atom stereocenters. The minimum Gasteiger partial charge on any atom is -0.494 e. The number of anilines is 1. The van der Waals surface area contributed by atoms with Crippen LogP contribution in [-0.2, 0) is 11.2 Å². The maximum Gasteiger partial charge on any atom is 0.237 e. The molecule has 0 spiro atoms. The van der Waals surface area contributed by atoms with Crippen molar-refractivity contribution in [1.29, 1.82) is 0 Å². The number of aryl methyl sites for hydroxylation is 1. The Bertz CT molecular complexity index is 885. The number of aromatic nitrogens is 2. The summed E-state index contributed by atoms with van der Waals surface area (Å²) >= 11 is 0. The second kappa shape index (κ2) is 9.33. The average Bonchev–Trinajstić information content (AvgIpc) is 2.69. The Morgan fingerprint density at radius 2 is 2.00 bits per heavy atom. The molecule has 0 aliphatic rings.